The summed E-state index contributed by atoms with van der Waals surface area (Å²) in [4.78, 5) is 30.1. The third kappa shape index (κ3) is 34.1. The Morgan fingerprint density at radius 2 is 1.10 bits per heavy atom. The van der Waals surface area contributed by atoms with E-state index in [9.17, 15) is 9.59 Å². The summed E-state index contributed by atoms with van der Waals surface area (Å²) in [7, 11) is 0. The summed E-state index contributed by atoms with van der Waals surface area (Å²) in [5, 5.41) is 8.87. The van der Waals surface area contributed by atoms with Crippen molar-refractivity contribution in [1.82, 2.24) is 24.8 Å². The number of hydrogen-bond donors (Lipinski definition) is 0. The Labute approximate surface area is 364 Å². The van der Waals surface area contributed by atoms with E-state index >= 15 is 0 Å². The minimum Gasteiger partial charge on any atom is -0.466 e. The average Bonchev–Trinajstić information content (AvgIpc) is 3.69. The number of carbonyl (C=O) groups is 2. The molecule has 0 bridgehead atoms. The highest BCUT2D eigenvalue weighted by Crippen LogP contribution is 2.18. The molecule has 0 saturated heterocycles. The molecule has 0 aliphatic carbocycles. The SMILES string of the molecule is CCCCC/C=C\CCCOC(=O)CCCCCN(CCCCCCCC(=O)OC(CCCCCCCC)CCCCCCCC)CCn1cc(CN(CC)CC)nn1. The second-order valence-electron chi connectivity index (χ2n) is 17.2. The van der Waals surface area contributed by atoms with Crippen LogP contribution in [-0.4, -0.2) is 82.2 Å². The van der Waals surface area contributed by atoms with Gasteiger partial charge in [-0.1, -0.05) is 155 Å². The summed E-state index contributed by atoms with van der Waals surface area (Å²) in [5.41, 5.74) is 1.03. The van der Waals surface area contributed by atoms with Crippen molar-refractivity contribution in [3.63, 3.8) is 0 Å². The van der Waals surface area contributed by atoms with Gasteiger partial charge in [0.2, 0.25) is 0 Å². The number of unbranched alkanes of at least 4 members (excludes halogenated alkanes) is 20. The van der Waals surface area contributed by atoms with Crippen molar-refractivity contribution in [2.24, 2.45) is 0 Å². The van der Waals surface area contributed by atoms with Gasteiger partial charge in [-0.25, -0.2) is 0 Å². The van der Waals surface area contributed by atoms with E-state index in [0.717, 1.165) is 129 Å². The molecule has 1 rings (SSSR count). The largest absolute Gasteiger partial charge is 0.466 e. The molecule has 0 fully saturated rings. The Bertz CT molecular complexity index is 1090. The fourth-order valence-electron chi connectivity index (χ4n) is 7.71. The second kappa shape index (κ2) is 41.1. The monoisotopic (exact) mass is 830 g/mol. The molecular weight excluding hydrogens is 735 g/mol. The molecule has 1 heterocycles. The number of allylic oxidation sites excluding steroid dienone is 2. The summed E-state index contributed by atoms with van der Waals surface area (Å²) in [6, 6.07) is 0. The van der Waals surface area contributed by atoms with Crippen LogP contribution in [0.2, 0.25) is 0 Å². The van der Waals surface area contributed by atoms with Gasteiger partial charge in [-0.05, 0) is 103 Å². The lowest BCUT2D eigenvalue weighted by Crippen LogP contribution is -2.30. The highest BCUT2D eigenvalue weighted by Gasteiger charge is 2.15. The van der Waals surface area contributed by atoms with Crippen LogP contribution in [0.3, 0.4) is 0 Å². The van der Waals surface area contributed by atoms with Crippen molar-refractivity contribution in [3.05, 3.63) is 24.0 Å². The van der Waals surface area contributed by atoms with Gasteiger partial charge in [0.1, 0.15) is 6.10 Å². The molecular formula is C50H95N5O4. The summed E-state index contributed by atoms with van der Waals surface area (Å²) in [6.45, 7) is 18.3. The maximum atomic E-state index is 12.9. The van der Waals surface area contributed by atoms with E-state index < -0.39 is 0 Å². The molecule has 0 atom stereocenters. The molecule has 1 aromatic rings. The Morgan fingerprint density at radius 1 is 0.593 bits per heavy atom. The van der Waals surface area contributed by atoms with E-state index in [-0.39, 0.29) is 18.0 Å². The van der Waals surface area contributed by atoms with Crippen LogP contribution in [0.25, 0.3) is 0 Å². The summed E-state index contributed by atoms with van der Waals surface area (Å²) in [5.74, 6) is -0.0458. The minimum absolute atomic E-state index is 0.0145. The van der Waals surface area contributed by atoms with Gasteiger partial charge in [0.15, 0.2) is 0 Å². The third-order valence-corrected chi connectivity index (χ3v) is 11.7. The second-order valence-corrected chi connectivity index (χ2v) is 17.2. The van der Waals surface area contributed by atoms with Crippen molar-refractivity contribution in [2.75, 3.05) is 39.3 Å². The number of rotatable bonds is 44. The van der Waals surface area contributed by atoms with Crippen LogP contribution < -0.4 is 0 Å². The normalized spacial score (nSPS) is 11.9. The first kappa shape index (κ1) is 54.8. The average molecular weight is 830 g/mol. The van der Waals surface area contributed by atoms with Crippen LogP contribution >= 0.6 is 0 Å². The zero-order valence-corrected chi connectivity index (χ0v) is 39.5. The van der Waals surface area contributed by atoms with Gasteiger partial charge in [0.05, 0.1) is 18.8 Å². The molecule has 0 aromatic carbocycles. The highest BCUT2D eigenvalue weighted by atomic mass is 16.5. The van der Waals surface area contributed by atoms with E-state index in [1.165, 1.54) is 103 Å². The number of aromatic nitrogens is 3. The number of esters is 2. The third-order valence-electron chi connectivity index (χ3n) is 11.7. The van der Waals surface area contributed by atoms with E-state index in [2.05, 4.69) is 73.1 Å². The molecule has 0 spiro atoms. The van der Waals surface area contributed by atoms with Crippen LogP contribution in [-0.2, 0) is 32.2 Å². The van der Waals surface area contributed by atoms with Crippen molar-refractivity contribution < 1.29 is 19.1 Å². The van der Waals surface area contributed by atoms with E-state index in [0.29, 0.717) is 19.4 Å². The smallest absolute Gasteiger partial charge is 0.306 e. The molecule has 0 radical (unpaired) electrons. The van der Waals surface area contributed by atoms with Gasteiger partial charge in [0.25, 0.3) is 0 Å². The number of carbonyl (C=O) groups excluding carboxylic acids is 2. The standard InChI is InChI=1S/C50H95N5O4/c1-6-11-14-17-20-21-27-35-44-58-49(56)38-32-28-34-41-54(42-43-55-46-47(51-52-55)45-53(9-4)10-5)40-33-26-22-25-31-39-50(57)59-48(36-29-23-18-15-12-7-2)37-30-24-19-16-13-8-3/h20-21,46,48H,6-19,22-45H2,1-5H3/b21-20-. The Balaban J connectivity index is 2.44. The van der Waals surface area contributed by atoms with E-state index in [1.54, 1.807) is 0 Å². The molecule has 1 aromatic heterocycles. The van der Waals surface area contributed by atoms with Crippen LogP contribution in [0, 0.1) is 0 Å². The fourth-order valence-corrected chi connectivity index (χ4v) is 7.71. The topological polar surface area (TPSA) is 89.8 Å². The minimum atomic E-state index is -0.0603. The number of ether oxygens (including phenoxy) is 2. The summed E-state index contributed by atoms with van der Waals surface area (Å²) >= 11 is 0. The lowest BCUT2D eigenvalue weighted by atomic mass is 10.0. The van der Waals surface area contributed by atoms with Crippen LogP contribution in [0.4, 0.5) is 0 Å². The predicted octanol–water partition coefficient (Wildman–Crippen LogP) is 13.2. The summed E-state index contributed by atoms with van der Waals surface area (Å²) < 4.78 is 13.6. The molecule has 0 aliphatic rings. The Kier molecular flexibility index (Phi) is 38.2. The van der Waals surface area contributed by atoms with Gasteiger partial charge >= 0.3 is 11.9 Å². The van der Waals surface area contributed by atoms with E-state index in [1.807, 2.05) is 4.68 Å². The van der Waals surface area contributed by atoms with Crippen molar-refractivity contribution >= 4 is 11.9 Å². The molecule has 0 aliphatic heterocycles. The molecule has 9 heteroatoms. The summed E-state index contributed by atoms with van der Waals surface area (Å²) in [6.07, 6.45) is 40.5. The van der Waals surface area contributed by atoms with Crippen LogP contribution in [0.15, 0.2) is 18.3 Å². The molecule has 59 heavy (non-hydrogen) atoms. The van der Waals surface area contributed by atoms with Gasteiger partial charge in [-0.15, -0.1) is 5.10 Å². The predicted molar refractivity (Wildman–Crippen MR) is 249 cm³/mol. The fraction of sp³-hybridized carbons (Fsp3) is 0.880. The Morgan fingerprint density at radius 3 is 1.71 bits per heavy atom. The van der Waals surface area contributed by atoms with Gasteiger partial charge in [-0.3, -0.25) is 19.2 Å². The molecule has 0 amide bonds. The molecule has 0 saturated carbocycles. The molecule has 0 N–H and O–H groups in total. The number of hydrogen-bond acceptors (Lipinski definition) is 8. The zero-order chi connectivity index (χ0) is 42.9. The lowest BCUT2D eigenvalue weighted by molar-refractivity contribution is -0.150. The first-order valence-corrected chi connectivity index (χ1v) is 25.3. The first-order valence-electron chi connectivity index (χ1n) is 25.3. The van der Waals surface area contributed by atoms with Gasteiger partial charge in [0, 0.05) is 32.1 Å². The molecule has 344 valence electrons. The van der Waals surface area contributed by atoms with Crippen molar-refractivity contribution in [2.45, 2.75) is 246 Å². The molecule has 0 unspecified atom stereocenters. The quantitative estimate of drug-likeness (QED) is 0.0365. The maximum Gasteiger partial charge on any atom is 0.306 e. The van der Waals surface area contributed by atoms with Crippen molar-refractivity contribution in [1.29, 1.82) is 0 Å². The zero-order valence-electron chi connectivity index (χ0n) is 39.5. The maximum absolute atomic E-state index is 12.9. The van der Waals surface area contributed by atoms with E-state index in [4.69, 9.17) is 9.47 Å². The van der Waals surface area contributed by atoms with Crippen molar-refractivity contribution in [3.8, 4) is 0 Å². The molecule has 9 nitrogen and oxygen atoms in total. The number of nitrogens with zero attached hydrogens (tertiary/aromatic N) is 5. The van der Waals surface area contributed by atoms with Crippen LogP contribution in [0.5, 0.6) is 0 Å². The first-order chi connectivity index (χ1) is 28.9. The Hall–Kier alpha value is -2.26. The van der Waals surface area contributed by atoms with Gasteiger partial charge < -0.3 is 14.4 Å². The highest BCUT2D eigenvalue weighted by molar-refractivity contribution is 5.69. The lowest BCUT2D eigenvalue weighted by Gasteiger charge is -2.22. The van der Waals surface area contributed by atoms with Gasteiger partial charge in [-0.2, -0.15) is 0 Å². The van der Waals surface area contributed by atoms with Crippen LogP contribution in [0.1, 0.15) is 233 Å².